The highest BCUT2D eigenvalue weighted by atomic mass is 35.5. The van der Waals surface area contributed by atoms with Crippen LogP contribution in [0.25, 0.3) is 0 Å². The fourth-order valence-corrected chi connectivity index (χ4v) is 1.56. The van der Waals surface area contributed by atoms with E-state index < -0.39 is 0 Å². The van der Waals surface area contributed by atoms with E-state index in [1.54, 1.807) is 6.07 Å². The minimum absolute atomic E-state index is 0.240. The van der Waals surface area contributed by atoms with Crippen molar-refractivity contribution >= 4 is 23.4 Å². The highest BCUT2D eigenvalue weighted by molar-refractivity contribution is 6.34. The molecular formula is C12H12ClN3O2. The minimum atomic E-state index is -0.353. The fraction of sp³-hybridized carbons (Fsp3) is 0.250. The molecule has 2 rings (SSSR count). The fourth-order valence-electron chi connectivity index (χ4n) is 1.36. The van der Waals surface area contributed by atoms with Crippen LogP contribution in [0.1, 0.15) is 35.8 Å². The molecule has 0 bridgehead atoms. The Labute approximate surface area is 109 Å². The van der Waals surface area contributed by atoms with Gasteiger partial charge >= 0.3 is 0 Å². The number of carbonyl (C=O) groups is 1. The van der Waals surface area contributed by atoms with E-state index >= 15 is 0 Å². The molecule has 94 valence electrons. The summed E-state index contributed by atoms with van der Waals surface area (Å²) in [5.41, 5.74) is 1.13. The number of carbonyl (C=O) groups excluding carboxylic acids is 1. The van der Waals surface area contributed by atoms with Crippen LogP contribution in [-0.4, -0.2) is 16.0 Å². The number of aromatic nitrogens is 2. The smallest absolute Gasteiger partial charge is 0.259 e. The summed E-state index contributed by atoms with van der Waals surface area (Å²) >= 11 is 5.87. The van der Waals surface area contributed by atoms with Gasteiger partial charge in [-0.05, 0) is 12.0 Å². The molecule has 0 fully saturated rings. The third-order valence-corrected chi connectivity index (χ3v) is 2.67. The van der Waals surface area contributed by atoms with Crippen molar-refractivity contribution < 1.29 is 9.32 Å². The molecule has 1 N–H and O–H groups in total. The van der Waals surface area contributed by atoms with Gasteiger partial charge in [-0.3, -0.25) is 15.1 Å². The van der Waals surface area contributed by atoms with Crippen LogP contribution >= 0.6 is 11.6 Å². The third kappa shape index (κ3) is 2.68. The van der Waals surface area contributed by atoms with Gasteiger partial charge in [0.25, 0.3) is 5.91 Å². The third-order valence-electron chi connectivity index (χ3n) is 2.37. The zero-order valence-electron chi connectivity index (χ0n) is 9.98. The van der Waals surface area contributed by atoms with Gasteiger partial charge in [-0.15, -0.1) is 0 Å². The molecule has 2 aromatic rings. The van der Waals surface area contributed by atoms with Crippen LogP contribution in [0.15, 0.2) is 29.0 Å². The molecule has 2 heterocycles. The van der Waals surface area contributed by atoms with E-state index in [0.717, 1.165) is 5.69 Å². The predicted octanol–water partition coefficient (Wildman–Crippen LogP) is 3.10. The van der Waals surface area contributed by atoms with Crippen LogP contribution in [-0.2, 0) is 0 Å². The standard InChI is InChI=1S/C12H12ClN3O2/c1-7(2)10-5-11(18-16-10)15-12(17)8-3-4-14-6-9(8)13/h3-7H,1-2H3,(H,15,17). The Hall–Kier alpha value is -1.88. The molecule has 0 atom stereocenters. The molecule has 2 aromatic heterocycles. The summed E-state index contributed by atoms with van der Waals surface area (Å²) < 4.78 is 5.02. The first-order valence-electron chi connectivity index (χ1n) is 5.45. The van der Waals surface area contributed by atoms with E-state index in [1.807, 2.05) is 13.8 Å². The summed E-state index contributed by atoms with van der Waals surface area (Å²) in [5, 5.41) is 6.73. The number of hydrogen-bond donors (Lipinski definition) is 1. The Morgan fingerprint density at radius 3 is 2.89 bits per heavy atom. The second kappa shape index (κ2) is 5.18. The van der Waals surface area contributed by atoms with E-state index in [-0.39, 0.29) is 11.8 Å². The maximum absolute atomic E-state index is 11.9. The Morgan fingerprint density at radius 2 is 2.28 bits per heavy atom. The first kappa shape index (κ1) is 12.6. The van der Waals surface area contributed by atoms with Crippen molar-refractivity contribution in [2.75, 3.05) is 5.32 Å². The van der Waals surface area contributed by atoms with Crippen molar-refractivity contribution in [3.05, 3.63) is 40.8 Å². The lowest BCUT2D eigenvalue weighted by Crippen LogP contribution is -2.12. The lowest BCUT2D eigenvalue weighted by molar-refractivity contribution is 0.102. The van der Waals surface area contributed by atoms with Gasteiger partial charge in [0, 0.05) is 18.5 Å². The van der Waals surface area contributed by atoms with Crippen molar-refractivity contribution in [2.45, 2.75) is 19.8 Å². The Kier molecular flexibility index (Phi) is 3.62. The Morgan fingerprint density at radius 1 is 1.50 bits per heavy atom. The number of halogens is 1. The maximum Gasteiger partial charge on any atom is 0.259 e. The first-order valence-corrected chi connectivity index (χ1v) is 5.83. The number of nitrogens with one attached hydrogen (secondary N) is 1. The van der Waals surface area contributed by atoms with Crippen molar-refractivity contribution in [3.63, 3.8) is 0 Å². The van der Waals surface area contributed by atoms with Crippen LogP contribution in [0, 0.1) is 0 Å². The van der Waals surface area contributed by atoms with Gasteiger partial charge in [0.05, 0.1) is 16.3 Å². The monoisotopic (exact) mass is 265 g/mol. The average Bonchev–Trinajstić information content (AvgIpc) is 2.78. The second-order valence-electron chi connectivity index (χ2n) is 4.08. The molecule has 0 aliphatic carbocycles. The van der Waals surface area contributed by atoms with Gasteiger partial charge < -0.3 is 4.52 Å². The number of nitrogens with zero attached hydrogens (tertiary/aromatic N) is 2. The summed E-state index contributed by atoms with van der Waals surface area (Å²) in [4.78, 5) is 15.7. The van der Waals surface area contributed by atoms with Crippen molar-refractivity contribution in [1.29, 1.82) is 0 Å². The second-order valence-corrected chi connectivity index (χ2v) is 4.49. The van der Waals surface area contributed by atoms with Crippen LogP contribution in [0.3, 0.4) is 0 Å². The molecule has 0 unspecified atom stereocenters. The SMILES string of the molecule is CC(C)c1cc(NC(=O)c2ccncc2Cl)on1. The van der Waals surface area contributed by atoms with E-state index in [1.165, 1.54) is 18.5 Å². The molecule has 0 radical (unpaired) electrons. The molecule has 18 heavy (non-hydrogen) atoms. The highest BCUT2D eigenvalue weighted by Crippen LogP contribution is 2.19. The molecule has 1 amide bonds. The maximum atomic E-state index is 11.9. The minimum Gasteiger partial charge on any atom is -0.338 e. The van der Waals surface area contributed by atoms with Gasteiger partial charge in [0.15, 0.2) is 0 Å². The molecule has 0 aromatic carbocycles. The molecule has 0 saturated heterocycles. The molecule has 6 heteroatoms. The van der Waals surface area contributed by atoms with Gasteiger partial charge in [0.2, 0.25) is 5.88 Å². The van der Waals surface area contributed by atoms with Crippen LogP contribution in [0.5, 0.6) is 0 Å². The summed E-state index contributed by atoms with van der Waals surface area (Å²) in [7, 11) is 0. The number of rotatable bonds is 3. The predicted molar refractivity (Wildman–Crippen MR) is 67.8 cm³/mol. The Bertz CT molecular complexity index is 566. The quantitative estimate of drug-likeness (QED) is 0.926. The van der Waals surface area contributed by atoms with Gasteiger partial charge in [-0.2, -0.15) is 0 Å². The average molecular weight is 266 g/mol. The zero-order chi connectivity index (χ0) is 13.1. The van der Waals surface area contributed by atoms with E-state index in [2.05, 4.69) is 15.5 Å². The van der Waals surface area contributed by atoms with Crippen LogP contribution in [0.4, 0.5) is 5.88 Å². The molecule has 5 nitrogen and oxygen atoms in total. The molecule has 0 aliphatic heterocycles. The van der Waals surface area contributed by atoms with Crippen molar-refractivity contribution in [3.8, 4) is 0 Å². The molecule has 0 aliphatic rings. The lowest BCUT2D eigenvalue weighted by atomic mass is 10.1. The molecular weight excluding hydrogens is 254 g/mol. The van der Waals surface area contributed by atoms with Crippen LogP contribution < -0.4 is 5.32 Å². The highest BCUT2D eigenvalue weighted by Gasteiger charge is 2.14. The summed E-state index contributed by atoms with van der Waals surface area (Å²) in [5.74, 6) is 0.189. The summed E-state index contributed by atoms with van der Waals surface area (Å²) in [6.45, 7) is 3.98. The number of amides is 1. The van der Waals surface area contributed by atoms with Gasteiger partial charge in [-0.1, -0.05) is 30.6 Å². The van der Waals surface area contributed by atoms with Gasteiger partial charge in [0.1, 0.15) is 0 Å². The van der Waals surface area contributed by atoms with Crippen molar-refractivity contribution in [1.82, 2.24) is 10.1 Å². The zero-order valence-corrected chi connectivity index (χ0v) is 10.7. The van der Waals surface area contributed by atoms with Crippen LogP contribution in [0.2, 0.25) is 5.02 Å². The van der Waals surface area contributed by atoms with Gasteiger partial charge in [-0.25, -0.2) is 0 Å². The number of hydrogen-bond acceptors (Lipinski definition) is 4. The van der Waals surface area contributed by atoms with E-state index in [4.69, 9.17) is 16.1 Å². The summed E-state index contributed by atoms with van der Waals surface area (Å²) in [6.07, 6.45) is 2.91. The molecule has 0 spiro atoms. The lowest BCUT2D eigenvalue weighted by Gasteiger charge is -2.02. The first-order chi connectivity index (χ1) is 8.58. The largest absolute Gasteiger partial charge is 0.338 e. The Balaban J connectivity index is 2.14. The molecule has 0 saturated carbocycles. The number of anilines is 1. The topological polar surface area (TPSA) is 68.0 Å². The van der Waals surface area contributed by atoms with Crippen molar-refractivity contribution in [2.24, 2.45) is 0 Å². The number of pyridine rings is 1. The van der Waals surface area contributed by atoms with E-state index in [9.17, 15) is 4.79 Å². The normalized spacial score (nSPS) is 10.7. The van der Waals surface area contributed by atoms with E-state index in [0.29, 0.717) is 16.5 Å². The summed E-state index contributed by atoms with van der Waals surface area (Å²) in [6, 6.07) is 3.23.